The summed E-state index contributed by atoms with van der Waals surface area (Å²) >= 11 is 0. The van der Waals surface area contributed by atoms with E-state index in [9.17, 15) is 0 Å². The van der Waals surface area contributed by atoms with Gasteiger partial charge in [0.2, 0.25) is 9.53 Å². The highest BCUT2D eigenvalue weighted by Crippen LogP contribution is 1.97. The van der Waals surface area contributed by atoms with E-state index < -0.39 is 16.6 Å². The van der Waals surface area contributed by atoms with Crippen molar-refractivity contribution >= 4 is 9.53 Å². The third-order valence-corrected chi connectivity index (χ3v) is 1.65. The van der Waals surface area contributed by atoms with Gasteiger partial charge in [0.05, 0.1) is 0 Å². The second kappa shape index (κ2) is 2.42. The molecule has 0 unspecified atom stereocenters. The third kappa shape index (κ3) is 1.24. The Morgan fingerprint density at radius 1 is 1.71 bits per heavy atom. The van der Waals surface area contributed by atoms with Crippen LogP contribution in [0.5, 0.6) is 0 Å². The molecule has 1 fully saturated rings. The van der Waals surface area contributed by atoms with Gasteiger partial charge < -0.3 is 13.3 Å². The molecule has 0 spiro atoms. The van der Waals surface area contributed by atoms with E-state index in [1.807, 2.05) is 0 Å². The third-order valence-electron chi connectivity index (χ3n) is 0.606. The maximum Gasteiger partial charge on any atom is 0.215 e. The molecule has 0 aromatic rings. The van der Waals surface area contributed by atoms with E-state index in [1.54, 1.807) is 0 Å². The maximum atomic E-state index is 6.67. The molecule has 7 heavy (non-hydrogen) atoms. The van der Waals surface area contributed by atoms with Crippen LogP contribution in [0.3, 0.4) is 0 Å². The molecule has 1 rings (SSSR count). The van der Waals surface area contributed by atoms with Crippen molar-refractivity contribution in [3.63, 3.8) is 0 Å². The standard InChI is InChI=1S/C3H7O3Si/c1-4-7-5-2-3-6-7/h2-3H2,1H3/q-1/i1D3. The summed E-state index contributed by atoms with van der Waals surface area (Å²) in [6.07, 6.45) is 0. The first-order chi connectivity index (χ1) is 4.58. The molecule has 0 aliphatic carbocycles. The molecule has 1 heterocycles. The van der Waals surface area contributed by atoms with Gasteiger partial charge in [0, 0.05) is 17.3 Å². The lowest BCUT2D eigenvalue weighted by atomic mass is 10.8. The van der Waals surface area contributed by atoms with Crippen LogP contribution in [0.25, 0.3) is 0 Å². The van der Waals surface area contributed by atoms with Crippen LogP contribution in [0.2, 0.25) is 0 Å². The van der Waals surface area contributed by atoms with Crippen LogP contribution in [-0.4, -0.2) is 29.8 Å². The van der Waals surface area contributed by atoms with Gasteiger partial charge in [0.15, 0.2) is 0 Å². The van der Waals surface area contributed by atoms with Crippen LogP contribution in [0, 0.1) is 0 Å². The quantitative estimate of drug-likeness (QED) is 0.445. The first-order valence-electron chi connectivity index (χ1n) is 3.39. The van der Waals surface area contributed by atoms with Gasteiger partial charge in [-0.3, -0.25) is 0 Å². The zero-order chi connectivity index (χ0) is 7.61. The maximum absolute atomic E-state index is 6.67. The Balaban J connectivity index is 2.24. The van der Waals surface area contributed by atoms with E-state index in [4.69, 9.17) is 13.0 Å². The molecular formula is C3H7O3Si-. The molecule has 0 aromatic heterocycles. The van der Waals surface area contributed by atoms with Gasteiger partial charge in [0.25, 0.3) is 0 Å². The zero-order valence-electron chi connectivity index (χ0n) is 6.64. The van der Waals surface area contributed by atoms with Crippen molar-refractivity contribution in [2.75, 3.05) is 20.3 Å². The Bertz CT molecular complexity index is 110. The van der Waals surface area contributed by atoms with Crippen LogP contribution in [-0.2, 0) is 13.3 Å². The van der Waals surface area contributed by atoms with Crippen molar-refractivity contribution in [3.05, 3.63) is 0 Å². The minimum absolute atomic E-state index is 0.435. The van der Waals surface area contributed by atoms with Crippen LogP contribution in [0.15, 0.2) is 0 Å². The van der Waals surface area contributed by atoms with E-state index in [-0.39, 0.29) is 0 Å². The molecule has 42 valence electrons. The number of rotatable bonds is 1. The Morgan fingerprint density at radius 2 is 2.43 bits per heavy atom. The molecule has 0 atom stereocenters. The van der Waals surface area contributed by atoms with Crippen molar-refractivity contribution in [1.29, 1.82) is 0 Å². The average molecular weight is 122 g/mol. The summed E-state index contributed by atoms with van der Waals surface area (Å²) < 4.78 is 34.1. The monoisotopic (exact) mass is 122 g/mol. The molecule has 0 N–H and O–H groups in total. The predicted molar refractivity (Wildman–Crippen MR) is 24.7 cm³/mol. The Kier molecular flexibility index (Phi) is 0.893. The van der Waals surface area contributed by atoms with Gasteiger partial charge in [-0.1, -0.05) is 0 Å². The zero-order valence-corrected chi connectivity index (χ0v) is 4.64. The molecule has 1 aliphatic heterocycles. The highest BCUT2D eigenvalue weighted by Gasteiger charge is 2.01. The largest absolute Gasteiger partial charge is 0.544 e. The van der Waals surface area contributed by atoms with E-state index >= 15 is 0 Å². The number of hydrogen-bond donors (Lipinski definition) is 0. The van der Waals surface area contributed by atoms with Gasteiger partial charge in [-0.25, -0.2) is 0 Å². The highest BCUT2D eigenvalue weighted by molar-refractivity contribution is 6.36. The van der Waals surface area contributed by atoms with E-state index in [2.05, 4.69) is 4.43 Å². The van der Waals surface area contributed by atoms with Crippen LogP contribution < -0.4 is 0 Å². The van der Waals surface area contributed by atoms with Gasteiger partial charge in [-0.05, 0) is 7.04 Å². The van der Waals surface area contributed by atoms with Crippen LogP contribution >= 0.6 is 0 Å². The molecule has 4 heteroatoms. The average Bonchev–Trinajstić information content (AvgIpc) is 2.12. The minimum atomic E-state index is -2.39. The van der Waals surface area contributed by atoms with Gasteiger partial charge in [-0.2, -0.15) is 0 Å². The summed E-state index contributed by atoms with van der Waals surface area (Å²) in [5, 5.41) is 0. The molecule has 3 nitrogen and oxygen atoms in total. The fourth-order valence-corrected chi connectivity index (χ4v) is 1.05. The smallest absolute Gasteiger partial charge is 0.215 e. The van der Waals surface area contributed by atoms with Crippen LogP contribution in [0.4, 0.5) is 0 Å². The first kappa shape index (κ1) is 2.59. The Labute approximate surface area is 48.4 Å². The Hall–Kier alpha value is 0.0969. The lowest BCUT2D eigenvalue weighted by Crippen LogP contribution is -2.16. The molecule has 0 aromatic carbocycles. The predicted octanol–water partition coefficient (Wildman–Crippen LogP) is -0.336. The minimum Gasteiger partial charge on any atom is -0.544 e. The Morgan fingerprint density at radius 3 is 3.00 bits per heavy atom. The summed E-state index contributed by atoms with van der Waals surface area (Å²) in [4.78, 5) is 0. The SMILES string of the molecule is [2H]C([2H])([2H])O[Si-]1OCCO1. The lowest BCUT2D eigenvalue weighted by Gasteiger charge is -2.17. The second-order valence-corrected chi connectivity index (χ2v) is 2.33. The molecule has 0 radical (unpaired) electrons. The van der Waals surface area contributed by atoms with Crippen molar-refractivity contribution < 1.29 is 17.4 Å². The van der Waals surface area contributed by atoms with E-state index in [0.29, 0.717) is 13.2 Å². The molecule has 0 saturated carbocycles. The van der Waals surface area contributed by atoms with Gasteiger partial charge in [0.1, 0.15) is 0 Å². The summed E-state index contributed by atoms with van der Waals surface area (Å²) in [6, 6.07) is 0. The number of hydrogen-bond acceptors (Lipinski definition) is 3. The molecule has 1 saturated heterocycles. The first-order valence-corrected chi connectivity index (χ1v) is 3.12. The van der Waals surface area contributed by atoms with Crippen molar-refractivity contribution in [1.82, 2.24) is 0 Å². The fourth-order valence-electron chi connectivity index (χ4n) is 0.351. The lowest BCUT2D eigenvalue weighted by molar-refractivity contribution is 0.219. The summed E-state index contributed by atoms with van der Waals surface area (Å²) in [5.41, 5.74) is 0. The second-order valence-electron chi connectivity index (χ2n) is 1.05. The van der Waals surface area contributed by atoms with Gasteiger partial charge >= 0.3 is 0 Å². The summed E-state index contributed by atoms with van der Waals surface area (Å²) in [5.74, 6) is 0. The fraction of sp³-hybridized carbons (Fsp3) is 1.00. The summed E-state index contributed by atoms with van der Waals surface area (Å²) in [6.45, 7) is 0.870. The molecular weight excluding hydrogens is 112 g/mol. The molecule has 0 amide bonds. The topological polar surface area (TPSA) is 27.7 Å². The molecule has 1 aliphatic rings. The van der Waals surface area contributed by atoms with Crippen LogP contribution in [0.1, 0.15) is 4.11 Å². The van der Waals surface area contributed by atoms with Gasteiger partial charge in [-0.15, -0.1) is 0 Å². The van der Waals surface area contributed by atoms with E-state index in [0.717, 1.165) is 0 Å². The highest BCUT2D eigenvalue weighted by atomic mass is 28.3. The van der Waals surface area contributed by atoms with Crippen molar-refractivity contribution in [3.8, 4) is 0 Å². The van der Waals surface area contributed by atoms with E-state index in [1.165, 1.54) is 0 Å². The molecule has 0 bridgehead atoms. The van der Waals surface area contributed by atoms with Crippen molar-refractivity contribution in [2.24, 2.45) is 0 Å². The van der Waals surface area contributed by atoms with Crippen molar-refractivity contribution in [2.45, 2.75) is 0 Å². The summed E-state index contributed by atoms with van der Waals surface area (Å²) in [7, 11) is -4.32. The normalized spacial score (nSPS) is 31.7.